The van der Waals surface area contributed by atoms with Gasteiger partial charge in [0.15, 0.2) is 11.6 Å². The zero-order valence-corrected chi connectivity index (χ0v) is 15.6. The molecule has 0 radical (unpaired) electrons. The third kappa shape index (κ3) is 3.74. The van der Waals surface area contributed by atoms with Crippen molar-refractivity contribution in [2.75, 3.05) is 12.4 Å². The van der Waals surface area contributed by atoms with Crippen LogP contribution in [0.3, 0.4) is 0 Å². The lowest BCUT2D eigenvalue weighted by Gasteiger charge is -2.13. The van der Waals surface area contributed by atoms with Crippen molar-refractivity contribution in [2.45, 2.75) is 6.92 Å². The third-order valence-corrected chi connectivity index (χ3v) is 4.43. The number of methoxy groups -OCH3 is 1. The monoisotopic (exact) mass is 374 g/mol. The minimum absolute atomic E-state index is 0.150. The number of hydrogen-bond donors (Lipinski definition) is 1. The summed E-state index contributed by atoms with van der Waals surface area (Å²) in [5.74, 6) is 1.44. The molecular weight excluding hydrogens is 355 g/mol. The first kappa shape index (κ1) is 17.8. The SMILES string of the molecule is COc1ccc(Oc2ccc(Nc3ccc4ccccc4n3)c(C)c2)c(F)c1. The van der Waals surface area contributed by atoms with E-state index in [9.17, 15) is 4.39 Å². The van der Waals surface area contributed by atoms with Gasteiger partial charge in [0.25, 0.3) is 0 Å². The summed E-state index contributed by atoms with van der Waals surface area (Å²) in [6.07, 6.45) is 0. The lowest BCUT2D eigenvalue weighted by molar-refractivity contribution is 0.402. The molecule has 4 aromatic rings. The normalized spacial score (nSPS) is 10.7. The molecule has 4 rings (SSSR count). The summed E-state index contributed by atoms with van der Waals surface area (Å²) in [4.78, 5) is 4.63. The van der Waals surface area contributed by atoms with Crippen LogP contribution in [0.25, 0.3) is 10.9 Å². The van der Waals surface area contributed by atoms with Gasteiger partial charge in [-0.05, 0) is 61.0 Å². The van der Waals surface area contributed by atoms with Crippen molar-refractivity contribution in [1.29, 1.82) is 0 Å². The molecule has 0 amide bonds. The lowest BCUT2D eigenvalue weighted by atomic mass is 10.2. The van der Waals surface area contributed by atoms with Crippen LogP contribution >= 0.6 is 0 Å². The number of anilines is 2. The van der Waals surface area contributed by atoms with Gasteiger partial charge in [-0.3, -0.25) is 0 Å². The van der Waals surface area contributed by atoms with Gasteiger partial charge in [-0.2, -0.15) is 0 Å². The Balaban J connectivity index is 1.54. The third-order valence-electron chi connectivity index (χ3n) is 4.43. The van der Waals surface area contributed by atoms with Gasteiger partial charge >= 0.3 is 0 Å². The Morgan fingerprint density at radius 1 is 0.893 bits per heavy atom. The molecule has 0 fully saturated rings. The van der Waals surface area contributed by atoms with Crippen LogP contribution in [0.2, 0.25) is 0 Å². The summed E-state index contributed by atoms with van der Waals surface area (Å²) in [6, 6.07) is 22.0. The molecule has 0 saturated carbocycles. The van der Waals surface area contributed by atoms with Crippen molar-refractivity contribution in [3.8, 4) is 17.2 Å². The standard InChI is InChI=1S/C23H19FN2O2/c1-15-13-18(28-22-11-9-17(27-2)14-19(22)24)8-10-20(15)25-23-12-7-16-5-3-4-6-21(16)26-23/h3-14H,1-2H3,(H,25,26). The van der Waals surface area contributed by atoms with E-state index in [1.165, 1.54) is 13.2 Å². The van der Waals surface area contributed by atoms with E-state index in [1.807, 2.05) is 55.5 Å². The largest absolute Gasteiger partial charge is 0.497 e. The second kappa shape index (κ2) is 7.56. The summed E-state index contributed by atoms with van der Waals surface area (Å²) in [5, 5.41) is 4.42. The highest BCUT2D eigenvalue weighted by atomic mass is 19.1. The van der Waals surface area contributed by atoms with Gasteiger partial charge in [-0.25, -0.2) is 9.37 Å². The highest BCUT2D eigenvalue weighted by Gasteiger charge is 2.08. The number of fused-ring (bicyclic) bond motifs is 1. The minimum Gasteiger partial charge on any atom is -0.497 e. The zero-order chi connectivity index (χ0) is 19.5. The smallest absolute Gasteiger partial charge is 0.169 e. The van der Waals surface area contributed by atoms with Gasteiger partial charge in [-0.1, -0.05) is 18.2 Å². The van der Waals surface area contributed by atoms with Gasteiger partial charge in [0.05, 0.1) is 12.6 Å². The van der Waals surface area contributed by atoms with Crippen LogP contribution in [0.4, 0.5) is 15.9 Å². The quantitative estimate of drug-likeness (QED) is 0.450. The molecule has 0 aliphatic heterocycles. The maximum atomic E-state index is 14.1. The first-order chi connectivity index (χ1) is 13.6. The number of aromatic nitrogens is 1. The number of nitrogens with one attached hydrogen (secondary N) is 1. The summed E-state index contributed by atoms with van der Waals surface area (Å²) in [6.45, 7) is 1.96. The fourth-order valence-electron chi connectivity index (χ4n) is 2.93. The molecule has 3 aromatic carbocycles. The number of aryl methyl sites for hydroxylation is 1. The number of halogens is 1. The minimum atomic E-state index is -0.473. The van der Waals surface area contributed by atoms with E-state index in [0.29, 0.717) is 11.5 Å². The van der Waals surface area contributed by atoms with Crippen LogP contribution < -0.4 is 14.8 Å². The highest BCUT2D eigenvalue weighted by molar-refractivity contribution is 5.80. The molecule has 1 aromatic heterocycles. The molecule has 0 spiro atoms. The second-order valence-corrected chi connectivity index (χ2v) is 6.39. The van der Waals surface area contributed by atoms with E-state index in [-0.39, 0.29) is 5.75 Å². The average molecular weight is 374 g/mol. The molecule has 5 heteroatoms. The fraction of sp³-hybridized carbons (Fsp3) is 0.0870. The topological polar surface area (TPSA) is 43.4 Å². The number of para-hydroxylation sites is 1. The fourth-order valence-corrected chi connectivity index (χ4v) is 2.93. The van der Waals surface area contributed by atoms with Crippen LogP contribution in [0.1, 0.15) is 5.56 Å². The number of benzene rings is 3. The van der Waals surface area contributed by atoms with Gasteiger partial charge in [-0.15, -0.1) is 0 Å². The molecular formula is C23H19FN2O2. The van der Waals surface area contributed by atoms with Gasteiger partial charge in [0.1, 0.15) is 17.3 Å². The second-order valence-electron chi connectivity index (χ2n) is 6.39. The average Bonchev–Trinajstić information content (AvgIpc) is 2.71. The Labute approximate surface area is 162 Å². The maximum absolute atomic E-state index is 14.1. The van der Waals surface area contributed by atoms with E-state index in [4.69, 9.17) is 9.47 Å². The summed E-state index contributed by atoms with van der Waals surface area (Å²) >= 11 is 0. The van der Waals surface area contributed by atoms with E-state index < -0.39 is 5.82 Å². The maximum Gasteiger partial charge on any atom is 0.169 e. The van der Waals surface area contributed by atoms with Crippen LogP contribution in [0, 0.1) is 12.7 Å². The van der Waals surface area contributed by atoms with Crippen LogP contribution in [-0.4, -0.2) is 12.1 Å². The Bertz CT molecular complexity index is 1140. The molecule has 1 heterocycles. The van der Waals surface area contributed by atoms with E-state index >= 15 is 0 Å². The van der Waals surface area contributed by atoms with Gasteiger partial charge in [0, 0.05) is 17.1 Å². The van der Waals surface area contributed by atoms with Crippen molar-refractivity contribution in [3.05, 3.63) is 84.2 Å². The molecule has 28 heavy (non-hydrogen) atoms. The summed E-state index contributed by atoms with van der Waals surface area (Å²) in [5.41, 5.74) is 2.80. The van der Waals surface area contributed by atoms with E-state index in [2.05, 4.69) is 10.3 Å². The van der Waals surface area contributed by atoms with Crippen LogP contribution in [-0.2, 0) is 0 Å². The number of rotatable bonds is 5. The summed E-state index contributed by atoms with van der Waals surface area (Å²) in [7, 11) is 1.49. The Morgan fingerprint density at radius 2 is 1.71 bits per heavy atom. The van der Waals surface area contributed by atoms with Crippen molar-refractivity contribution in [1.82, 2.24) is 4.98 Å². The zero-order valence-electron chi connectivity index (χ0n) is 15.6. The predicted octanol–water partition coefficient (Wildman–Crippen LogP) is 6.23. The molecule has 0 atom stereocenters. The summed E-state index contributed by atoms with van der Waals surface area (Å²) < 4.78 is 24.8. The van der Waals surface area contributed by atoms with Crippen molar-refractivity contribution in [3.63, 3.8) is 0 Å². The Kier molecular flexibility index (Phi) is 4.81. The van der Waals surface area contributed by atoms with Crippen LogP contribution in [0.5, 0.6) is 17.2 Å². The number of pyridine rings is 1. The predicted molar refractivity (Wildman–Crippen MR) is 109 cm³/mol. The molecule has 1 N–H and O–H groups in total. The van der Waals surface area contributed by atoms with Crippen molar-refractivity contribution < 1.29 is 13.9 Å². The number of ether oxygens (including phenoxy) is 2. The molecule has 0 aliphatic rings. The Morgan fingerprint density at radius 3 is 2.50 bits per heavy atom. The lowest BCUT2D eigenvalue weighted by Crippen LogP contribution is -1.97. The van der Waals surface area contributed by atoms with Crippen LogP contribution in [0.15, 0.2) is 72.8 Å². The van der Waals surface area contributed by atoms with Gasteiger partial charge in [0.2, 0.25) is 0 Å². The molecule has 0 aliphatic carbocycles. The molecule has 0 unspecified atom stereocenters. The van der Waals surface area contributed by atoms with Crippen molar-refractivity contribution >= 4 is 22.4 Å². The van der Waals surface area contributed by atoms with E-state index in [0.717, 1.165) is 28.0 Å². The first-order valence-electron chi connectivity index (χ1n) is 8.87. The first-order valence-corrected chi connectivity index (χ1v) is 8.87. The molecule has 4 nitrogen and oxygen atoms in total. The molecule has 0 bridgehead atoms. The highest BCUT2D eigenvalue weighted by Crippen LogP contribution is 2.30. The number of hydrogen-bond acceptors (Lipinski definition) is 4. The van der Waals surface area contributed by atoms with E-state index in [1.54, 1.807) is 18.2 Å². The van der Waals surface area contributed by atoms with Gasteiger partial charge < -0.3 is 14.8 Å². The molecule has 140 valence electrons. The Hall–Kier alpha value is -3.60. The number of nitrogens with zero attached hydrogens (tertiary/aromatic N) is 1. The van der Waals surface area contributed by atoms with Crippen molar-refractivity contribution in [2.24, 2.45) is 0 Å². The molecule has 0 saturated heterocycles.